The van der Waals surface area contributed by atoms with E-state index in [9.17, 15) is 26.4 Å². The first-order valence-corrected chi connectivity index (χ1v) is 12.3. The molecule has 12 heteroatoms. The highest BCUT2D eigenvalue weighted by atomic mass is 32.2. The van der Waals surface area contributed by atoms with E-state index in [-0.39, 0.29) is 23.2 Å². The van der Waals surface area contributed by atoms with E-state index in [1.165, 1.54) is 41.6 Å². The summed E-state index contributed by atoms with van der Waals surface area (Å²) in [6, 6.07) is 8.43. The number of aryl methyl sites for hydroxylation is 2. The van der Waals surface area contributed by atoms with Crippen molar-refractivity contribution in [1.82, 2.24) is 14.5 Å². The number of hydrogen-bond donors (Lipinski definition) is 0. The van der Waals surface area contributed by atoms with Crippen molar-refractivity contribution in [3.63, 3.8) is 0 Å². The lowest BCUT2D eigenvalue weighted by Gasteiger charge is -2.26. The Balaban J connectivity index is 1.73. The minimum Gasteiger partial charge on any atom is -0.428 e. The lowest BCUT2D eigenvalue weighted by molar-refractivity contribution is -0.196. The first-order valence-electron chi connectivity index (χ1n) is 10.9. The van der Waals surface area contributed by atoms with Gasteiger partial charge in [-0.05, 0) is 50.6 Å². The number of rotatable bonds is 10. The molecule has 1 aromatic heterocycles. The van der Waals surface area contributed by atoms with E-state index in [1.54, 1.807) is 38.6 Å². The first-order chi connectivity index (χ1) is 16.8. The van der Waals surface area contributed by atoms with Crippen molar-refractivity contribution in [1.29, 1.82) is 0 Å². The molecule has 0 aliphatic carbocycles. The second-order valence-electron chi connectivity index (χ2n) is 8.48. The predicted molar refractivity (Wildman–Crippen MR) is 125 cm³/mol. The van der Waals surface area contributed by atoms with E-state index in [0.29, 0.717) is 5.56 Å². The molecule has 194 valence electrons. The average molecular weight is 526 g/mol. The van der Waals surface area contributed by atoms with E-state index in [2.05, 4.69) is 13.9 Å². The number of benzene rings is 2. The van der Waals surface area contributed by atoms with Gasteiger partial charge >= 0.3 is 6.11 Å². The molecule has 0 saturated heterocycles. The van der Waals surface area contributed by atoms with Crippen LogP contribution in [0.1, 0.15) is 35.5 Å². The molecule has 0 aliphatic rings. The Morgan fingerprint density at radius 2 is 1.83 bits per heavy atom. The molecule has 1 amide bonds. The van der Waals surface area contributed by atoms with Crippen molar-refractivity contribution in [3.05, 3.63) is 77.6 Å². The molecule has 2 aromatic carbocycles. The molecular weight excluding hydrogens is 499 g/mol. The quantitative estimate of drug-likeness (QED) is 0.367. The second-order valence-corrected chi connectivity index (χ2v) is 10.1. The van der Waals surface area contributed by atoms with Gasteiger partial charge in [0.2, 0.25) is 0 Å². The zero-order chi connectivity index (χ0) is 26.7. The summed E-state index contributed by atoms with van der Waals surface area (Å²) in [5, 5.41) is 0. The lowest BCUT2D eigenvalue weighted by Crippen LogP contribution is -2.36. The van der Waals surface area contributed by atoms with Crippen molar-refractivity contribution < 1.29 is 35.3 Å². The second kappa shape index (κ2) is 10.7. The lowest BCUT2D eigenvalue weighted by atomic mass is 10.1. The summed E-state index contributed by atoms with van der Waals surface area (Å²) in [5.74, 6) is -2.30. The number of halogens is 3. The fourth-order valence-electron chi connectivity index (χ4n) is 3.19. The molecule has 0 unspecified atom stereocenters. The number of amides is 1. The molecule has 1 heterocycles. The van der Waals surface area contributed by atoms with Gasteiger partial charge in [0, 0.05) is 25.8 Å². The summed E-state index contributed by atoms with van der Waals surface area (Å²) < 4.78 is 78.1. The van der Waals surface area contributed by atoms with Crippen LogP contribution in [0.2, 0.25) is 0 Å². The van der Waals surface area contributed by atoms with Crippen LogP contribution < -0.4 is 4.74 Å². The Labute approximate surface area is 207 Å². The van der Waals surface area contributed by atoms with Gasteiger partial charge in [0.1, 0.15) is 5.69 Å². The summed E-state index contributed by atoms with van der Waals surface area (Å²) >= 11 is 0. The number of nitrogens with zero attached hydrogens (tertiary/aromatic N) is 3. The van der Waals surface area contributed by atoms with Crippen molar-refractivity contribution in [2.75, 3.05) is 6.61 Å². The standard InChI is InChI=1S/C24H26F3N3O5S/c1-16(2)30(23(31)21-13-29(4)15-28-21)12-18-7-10-20(25)22(11-18)35-24(26,27)14-34-36(32,33)19-8-5-17(3)6-9-19/h5-11,13,15-16H,12,14H2,1-4H3. The summed E-state index contributed by atoms with van der Waals surface area (Å²) in [5.41, 5.74) is 1.28. The third-order valence-corrected chi connectivity index (χ3v) is 6.39. The molecule has 0 aliphatic heterocycles. The van der Waals surface area contributed by atoms with E-state index in [1.807, 2.05) is 0 Å². The highest BCUT2D eigenvalue weighted by molar-refractivity contribution is 7.86. The Hall–Kier alpha value is -3.38. The van der Waals surface area contributed by atoms with Gasteiger partial charge in [-0.15, -0.1) is 0 Å². The van der Waals surface area contributed by atoms with Crippen LogP contribution in [0.25, 0.3) is 0 Å². The van der Waals surface area contributed by atoms with E-state index in [4.69, 9.17) is 0 Å². The van der Waals surface area contributed by atoms with Crippen LogP contribution in [-0.2, 0) is 27.9 Å². The largest absolute Gasteiger partial charge is 0.428 e. The number of alkyl halides is 2. The fraction of sp³-hybridized carbons (Fsp3) is 0.333. The van der Waals surface area contributed by atoms with Gasteiger partial charge in [0.25, 0.3) is 16.0 Å². The fourth-order valence-corrected chi connectivity index (χ4v) is 4.09. The SMILES string of the molecule is Cc1ccc(S(=O)(=O)OCC(F)(F)Oc2cc(CN(C(=O)c3cn(C)cn3)C(C)C)ccc2F)cc1. The summed E-state index contributed by atoms with van der Waals surface area (Å²) in [7, 11) is -2.77. The number of imidazole rings is 1. The van der Waals surface area contributed by atoms with Crippen LogP contribution in [0.5, 0.6) is 5.75 Å². The first kappa shape index (κ1) is 27.2. The van der Waals surface area contributed by atoms with Crippen molar-refractivity contribution in [2.24, 2.45) is 7.05 Å². The molecule has 36 heavy (non-hydrogen) atoms. The Morgan fingerprint density at radius 1 is 1.17 bits per heavy atom. The van der Waals surface area contributed by atoms with Gasteiger partial charge in [0.15, 0.2) is 18.2 Å². The summed E-state index contributed by atoms with van der Waals surface area (Å²) in [4.78, 5) is 18.0. The number of carbonyl (C=O) groups excluding carboxylic acids is 1. The zero-order valence-electron chi connectivity index (χ0n) is 20.1. The number of aromatic nitrogens is 2. The molecule has 0 spiro atoms. The Morgan fingerprint density at radius 3 is 2.42 bits per heavy atom. The van der Waals surface area contributed by atoms with E-state index < -0.39 is 40.3 Å². The zero-order valence-corrected chi connectivity index (χ0v) is 20.9. The molecule has 0 saturated carbocycles. The van der Waals surface area contributed by atoms with E-state index >= 15 is 0 Å². The summed E-state index contributed by atoms with van der Waals surface area (Å²) in [6.07, 6.45) is -1.15. The van der Waals surface area contributed by atoms with Crippen LogP contribution in [0, 0.1) is 12.7 Å². The molecule has 0 bridgehead atoms. The van der Waals surface area contributed by atoms with Gasteiger partial charge in [-0.1, -0.05) is 23.8 Å². The molecule has 3 rings (SSSR count). The summed E-state index contributed by atoms with van der Waals surface area (Å²) in [6.45, 7) is 3.57. The minimum absolute atomic E-state index is 0.0341. The monoisotopic (exact) mass is 525 g/mol. The van der Waals surface area contributed by atoms with Crippen LogP contribution in [0.15, 0.2) is 59.9 Å². The highest BCUT2D eigenvalue weighted by Gasteiger charge is 2.36. The normalized spacial score (nSPS) is 12.1. The third-order valence-electron chi connectivity index (χ3n) is 5.11. The van der Waals surface area contributed by atoms with Gasteiger partial charge in [-0.25, -0.2) is 9.37 Å². The van der Waals surface area contributed by atoms with Crippen molar-refractivity contribution in [3.8, 4) is 5.75 Å². The maximum Gasteiger partial charge on any atom is 0.423 e. The average Bonchev–Trinajstić information content (AvgIpc) is 3.24. The van der Waals surface area contributed by atoms with Gasteiger partial charge in [-0.3, -0.25) is 8.98 Å². The minimum atomic E-state index is -4.49. The molecular formula is C24H26F3N3O5S. The Bertz CT molecular complexity index is 1330. The maximum absolute atomic E-state index is 14.4. The number of ether oxygens (including phenoxy) is 1. The van der Waals surface area contributed by atoms with Crippen LogP contribution in [0.3, 0.4) is 0 Å². The van der Waals surface area contributed by atoms with Crippen LogP contribution >= 0.6 is 0 Å². The van der Waals surface area contributed by atoms with Crippen LogP contribution in [-0.4, -0.2) is 47.5 Å². The molecule has 0 fully saturated rings. The molecule has 0 atom stereocenters. The molecule has 0 N–H and O–H groups in total. The molecule has 8 nitrogen and oxygen atoms in total. The van der Waals surface area contributed by atoms with Gasteiger partial charge < -0.3 is 14.2 Å². The molecule has 3 aromatic rings. The van der Waals surface area contributed by atoms with Gasteiger partial charge in [-0.2, -0.15) is 17.2 Å². The smallest absolute Gasteiger partial charge is 0.423 e. The maximum atomic E-state index is 14.4. The molecule has 0 radical (unpaired) electrons. The van der Waals surface area contributed by atoms with Crippen molar-refractivity contribution >= 4 is 16.0 Å². The predicted octanol–water partition coefficient (Wildman–Crippen LogP) is 4.30. The van der Waals surface area contributed by atoms with E-state index in [0.717, 1.165) is 17.7 Å². The number of carbonyl (C=O) groups is 1. The van der Waals surface area contributed by atoms with Gasteiger partial charge in [0.05, 0.1) is 11.2 Å². The topological polar surface area (TPSA) is 90.7 Å². The van der Waals surface area contributed by atoms with Crippen molar-refractivity contribution in [2.45, 2.75) is 44.4 Å². The number of hydrogen-bond acceptors (Lipinski definition) is 6. The Kier molecular flexibility index (Phi) is 8.09. The highest BCUT2D eigenvalue weighted by Crippen LogP contribution is 2.28. The third kappa shape index (κ3) is 6.85. The van der Waals surface area contributed by atoms with Crippen LogP contribution in [0.4, 0.5) is 13.2 Å².